The first-order chi connectivity index (χ1) is 6.33. The van der Waals surface area contributed by atoms with Gasteiger partial charge in [-0.15, -0.1) is 0 Å². The number of nitrogens with two attached hydrogens (primary N) is 1. The Hall–Kier alpha value is -1.46. The fourth-order valence-electron chi connectivity index (χ4n) is 1.24. The third kappa shape index (κ3) is 1.28. The minimum absolute atomic E-state index is 0.105. The number of aromatic nitrogens is 3. The van der Waals surface area contributed by atoms with Gasteiger partial charge in [0.25, 0.3) is 0 Å². The van der Waals surface area contributed by atoms with E-state index in [0.717, 1.165) is 11.1 Å². The monoisotopic (exact) mass is 178 g/mol. The van der Waals surface area contributed by atoms with Crippen LogP contribution in [0, 0.1) is 0 Å². The van der Waals surface area contributed by atoms with Crippen LogP contribution >= 0.6 is 0 Å². The third-order valence-corrected chi connectivity index (χ3v) is 1.93. The predicted molar refractivity (Wildman–Crippen MR) is 47.9 cm³/mol. The van der Waals surface area contributed by atoms with Gasteiger partial charge < -0.3 is 10.8 Å². The standard InChI is InChI=1S/C8H10N4O/c9-6(4-13)7-5-2-1-3-10-8(5)12-11-7/h1-3,6,13H,4,9H2,(H,10,11,12). The maximum atomic E-state index is 8.87. The number of nitrogens with one attached hydrogen (secondary N) is 1. The van der Waals surface area contributed by atoms with Crippen LogP contribution in [0.15, 0.2) is 18.3 Å². The molecular formula is C8H10N4O. The van der Waals surface area contributed by atoms with E-state index in [0.29, 0.717) is 5.65 Å². The van der Waals surface area contributed by atoms with Crippen LogP contribution in [0.1, 0.15) is 11.7 Å². The van der Waals surface area contributed by atoms with Gasteiger partial charge in [-0.3, -0.25) is 5.10 Å². The molecule has 0 aliphatic rings. The van der Waals surface area contributed by atoms with Crippen LogP contribution in [0.2, 0.25) is 0 Å². The fourth-order valence-corrected chi connectivity index (χ4v) is 1.24. The average molecular weight is 178 g/mol. The summed E-state index contributed by atoms with van der Waals surface area (Å²) in [5, 5.41) is 16.5. The lowest BCUT2D eigenvalue weighted by atomic mass is 10.1. The second-order valence-electron chi connectivity index (χ2n) is 2.80. The Morgan fingerprint density at radius 1 is 1.62 bits per heavy atom. The van der Waals surface area contributed by atoms with Crippen LogP contribution in [0.4, 0.5) is 0 Å². The zero-order valence-corrected chi connectivity index (χ0v) is 6.94. The molecule has 2 rings (SSSR count). The van der Waals surface area contributed by atoms with Gasteiger partial charge in [-0.25, -0.2) is 4.98 Å². The van der Waals surface area contributed by atoms with Gasteiger partial charge in [-0.1, -0.05) is 0 Å². The van der Waals surface area contributed by atoms with E-state index in [9.17, 15) is 0 Å². The zero-order chi connectivity index (χ0) is 9.26. The normalized spacial score (nSPS) is 13.4. The minimum Gasteiger partial charge on any atom is -0.394 e. The van der Waals surface area contributed by atoms with Crippen LogP contribution in [0.25, 0.3) is 11.0 Å². The Labute approximate surface area is 74.6 Å². The van der Waals surface area contributed by atoms with Gasteiger partial charge in [0.2, 0.25) is 0 Å². The second kappa shape index (κ2) is 3.12. The molecule has 1 atom stereocenters. The molecule has 68 valence electrons. The highest BCUT2D eigenvalue weighted by Crippen LogP contribution is 2.17. The molecule has 0 bridgehead atoms. The van der Waals surface area contributed by atoms with Gasteiger partial charge in [0.1, 0.15) is 0 Å². The van der Waals surface area contributed by atoms with Crippen molar-refractivity contribution in [2.75, 3.05) is 6.61 Å². The molecule has 0 radical (unpaired) electrons. The van der Waals surface area contributed by atoms with E-state index >= 15 is 0 Å². The van der Waals surface area contributed by atoms with E-state index in [1.54, 1.807) is 6.20 Å². The van der Waals surface area contributed by atoms with Crippen molar-refractivity contribution in [1.82, 2.24) is 15.2 Å². The molecule has 0 amide bonds. The molecule has 0 aromatic carbocycles. The highest BCUT2D eigenvalue weighted by Gasteiger charge is 2.11. The number of hydrogen-bond donors (Lipinski definition) is 3. The summed E-state index contributed by atoms with van der Waals surface area (Å²) in [4.78, 5) is 4.04. The molecule has 1 unspecified atom stereocenters. The van der Waals surface area contributed by atoms with Crippen LogP contribution < -0.4 is 5.73 Å². The topological polar surface area (TPSA) is 87.8 Å². The summed E-state index contributed by atoms with van der Waals surface area (Å²) in [5.41, 5.74) is 7.01. The van der Waals surface area contributed by atoms with Gasteiger partial charge >= 0.3 is 0 Å². The first kappa shape index (κ1) is 8.15. The Kier molecular flexibility index (Phi) is 1.96. The van der Waals surface area contributed by atoms with E-state index in [4.69, 9.17) is 10.8 Å². The van der Waals surface area contributed by atoms with Crippen molar-refractivity contribution in [3.8, 4) is 0 Å². The molecular weight excluding hydrogens is 168 g/mol. The van der Waals surface area contributed by atoms with Crippen molar-refractivity contribution < 1.29 is 5.11 Å². The number of pyridine rings is 1. The number of H-pyrrole nitrogens is 1. The number of aromatic amines is 1. The molecule has 0 saturated carbocycles. The maximum absolute atomic E-state index is 8.87. The van der Waals surface area contributed by atoms with Gasteiger partial charge in [0.15, 0.2) is 5.65 Å². The molecule has 5 nitrogen and oxygen atoms in total. The molecule has 0 aliphatic heterocycles. The molecule has 5 heteroatoms. The van der Waals surface area contributed by atoms with E-state index in [-0.39, 0.29) is 6.61 Å². The molecule has 13 heavy (non-hydrogen) atoms. The lowest BCUT2D eigenvalue weighted by Gasteiger charge is -2.04. The SMILES string of the molecule is NC(CO)c1[nH]nc2ncccc12. The van der Waals surface area contributed by atoms with Crippen LogP contribution in [0.5, 0.6) is 0 Å². The number of nitrogens with zero attached hydrogens (tertiary/aromatic N) is 2. The van der Waals surface area contributed by atoms with Crippen molar-refractivity contribution in [1.29, 1.82) is 0 Å². The quantitative estimate of drug-likeness (QED) is 0.601. The smallest absolute Gasteiger partial charge is 0.181 e. The largest absolute Gasteiger partial charge is 0.394 e. The minimum atomic E-state index is -0.422. The van der Waals surface area contributed by atoms with E-state index in [1.165, 1.54) is 0 Å². The number of hydrogen-bond acceptors (Lipinski definition) is 4. The van der Waals surface area contributed by atoms with Gasteiger partial charge in [-0.2, -0.15) is 5.10 Å². The summed E-state index contributed by atoms with van der Waals surface area (Å²) in [6, 6.07) is 3.26. The zero-order valence-electron chi connectivity index (χ0n) is 6.94. The molecule has 2 aromatic heterocycles. The number of fused-ring (bicyclic) bond motifs is 1. The van der Waals surface area contributed by atoms with Gasteiger partial charge in [0.05, 0.1) is 18.3 Å². The Bertz CT molecular complexity index is 411. The lowest BCUT2D eigenvalue weighted by Crippen LogP contribution is -2.15. The molecule has 0 spiro atoms. The summed E-state index contributed by atoms with van der Waals surface area (Å²) < 4.78 is 0. The summed E-state index contributed by atoms with van der Waals surface area (Å²) >= 11 is 0. The lowest BCUT2D eigenvalue weighted by molar-refractivity contribution is 0.266. The van der Waals surface area contributed by atoms with Gasteiger partial charge in [-0.05, 0) is 12.1 Å². The van der Waals surface area contributed by atoms with Crippen molar-refractivity contribution >= 4 is 11.0 Å². The maximum Gasteiger partial charge on any atom is 0.181 e. The van der Waals surface area contributed by atoms with Crippen LogP contribution in [0.3, 0.4) is 0 Å². The molecule has 2 aromatic rings. The summed E-state index contributed by atoms with van der Waals surface area (Å²) in [5.74, 6) is 0. The van der Waals surface area contributed by atoms with Crippen molar-refractivity contribution in [2.45, 2.75) is 6.04 Å². The third-order valence-electron chi connectivity index (χ3n) is 1.93. The van der Waals surface area contributed by atoms with Crippen LogP contribution in [-0.2, 0) is 0 Å². The van der Waals surface area contributed by atoms with Crippen molar-refractivity contribution in [3.05, 3.63) is 24.0 Å². The summed E-state index contributed by atoms with van der Waals surface area (Å²) in [6.45, 7) is -0.105. The van der Waals surface area contributed by atoms with Crippen molar-refractivity contribution in [2.24, 2.45) is 5.73 Å². The predicted octanol–water partition coefficient (Wildman–Crippen LogP) is -0.0500. The van der Waals surface area contributed by atoms with Crippen LogP contribution in [-0.4, -0.2) is 26.9 Å². The summed E-state index contributed by atoms with van der Waals surface area (Å²) in [7, 11) is 0. The van der Waals surface area contributed by atoms with Crippen molar-refractivity contribution in [3.63, 3.8) is 0 Å². The molecule has 2 heterocycles. The van der Waals surface area contributed by atoms with E-state index < -0.39 is 6.04 Å². The van der Waals surface area contributed by atoms with E-state index in [1.807, 2.05) is 12.1 Å². The Morgan fingerprint density at radius 3 is 3.23 bits per heavy atom. The Morgan fingerprint density at radius 2 is 2.46 bits per heavy atom. The van der Waals surface area contributed by atoms with E-state index in [2.05, 4.69) is 15.2 Å². The van der Waals surface area contributed by atoms with Gasteiger partial charge in [0, 0.05) is 11.6 Å². The average Bonchev–Trinajstić information content (AvgIpc) is 2.60. The molecule has 0 aliphatic carbocycles. The second-order valence-corrected chi connectivity index (χ2v) is 2.80. The Balaban J connectivity index is 2.57. The summed E-state index contributed by atoms with van der Waals surface area (Å²) in [6.07, 6.45) is 1.66. The number of aliphatic hydroxyl groups is 1. The number of aliphatic hydroxyl groups excluding tert-OH is 1. The fraction of sp³-hybridized carbons (Fsp3) is 0.250. The first-order valence-electron chi connectivity index (χ1n) is 3.98. The molecule has 4 N–H and O–H groups in total. The highest BCUT2D eigenvalue weighted by molar-refractivity contribution is 5.77. The molecule has 0 saturated heterocycles. The molecule has 0 fully saturated rings. The first-order valence-corrected chi connectivity index (χ1v) is 3.98. The highest BCUT2D eigenvalue weighted by atomic mass is 16.3. The number of rotatable bonds is 2.